The summed E-state index contributed by atoms with van der Waals surface area (Å²) in [6.45, 7) is 9.37. The third-order valence-electron chi connectivity index (χ3n) is 4.28. The van der Waals surface area contributed by atoms with E-state index >= 15 is 0 Å². The molecule has 0 saturated carbocycles. The van der Waals surface area contributed by atoms with Crippen molar-refractivity contribution < 1.29 is 4.42 Å². The average Bonchev–Trinajstić information content (AvgIpc) is 2.87. The molecule has 0 aliphatic carbocycles. The van der Waals surface area contributed by atoms with Crippen LogP contribution in [0.2, 0.25) is 0 Å². The molecule has 1 aliphatic heterocycles. The highest BCUT2D eigenvalue weighted by Crippen LogP contribution is 2.14. The Balaban J connectivity index is 1.81. The Morgan fingerprint density at radius 2 is 2.00 bits per heavy atom. The van der Waals surface area contributed by atoms with Gasteiger partial charge in [0.2, 0.25) is 0 Å². The van der Waals surface area contributed by atoms with Crippen molar-refractivity contribution in [3.8, 4) is 0 Å². The lowest BCUT2D eigenvalue weighted by molar-refractivity contribution is 0.163. The van der Waals surface area contributed by atoms with Gasteiger partial charge in [-0.25, -0.2) is 0 Å². The molecule has 3 heteroatoms. The lowest BCUT2D eigenvalue weighted by Gasteiger charge is -2.34. The number of hydrogen-bond donors (Lipinski definition) is 1. The van der Waals surface area contributed by atoms with E-state index in [2.05, 4.69) is 37.1 Å². The molecular formula is C16H28N2O. The molecule has 0 amide bonds. The number of nitrogens with zero attached hydrogens (tertiary/aromatic N) is 1. The molecule has 3 atom stereocenters. The van der Waals surface area contributed by atoms with E-state index in [0.717, 1.165) is 12.2 Å². The van der Waals surface area contributed by atoms with Gasteiger partial charge in [0.1, 0.15) is 5.76 Å². The molecule has 0 spiro atoms. The third kappa shape index (κ3) is 4.66. The standard InChI is InChI=1S/C16H28N2O/c1-13-8-10-18(11-9-14(2)17-13)15(3)6-7-16-5-4-12-19-16/h4-5,12-15,17H,6-11H2,1-3H3. The molecule has 1 N–H and O–H groups in total. The van der Waals surface area contributed by atoms with Crippen LogP contribution < -0.4 is 5.32 Å². The Morgan fingerprint density at radius 3 is 2.58 bits per heavy atom. The monoisotopic (exact) mass is 264 g/mol. The molecule has 0 radical (unpaired) electrons. The summed E-state index contributed by atoms with van der Waals surface area (Å²) in [5.74, 6) is 1.11. The first-order valence-corrected chi connectivity index (χ1v) is 7.67. The van der Waals surface area contributed by atoms with Crippen LogP contribution in [0, 0.1) is 0 Å². The van der Waals surface area contributed by atoms with E-state index in [9.17, 15) is 0 Å². The highest BCUT2D eigenvalue weighted by Gasteiger charge is 2.19. The highest BCUT2D eigenvalue weighted by molar-refractivity contribution is 4.98. The fourth-order valence-corrected chi connectivity index (χ4v) is 2.91. The van der Waals surface area contributed by atoms with Gasteiger partial charge in [0.15, 0.2) is 0 Å². The SMILES string of the molecule is CC1CCN(C(C)CCc2ccco2)CCC(C)N1. The molecular weight excluding hydrogens is 236 g/mol. The van der Waals surface area contributed by atoms with Crippen molar-refractivity contribution >= 4 is 0 Å². The van der Waals surface area contributed by atoms with Crippen LogP contribution in [0.4, 0.5) is 0 Å². The predicted molar refractivity (Wildman–Crippen MR) is 79.4 cm³/mol. The molecule has 108 valence electrons. The fourth-order valence-electron chi connectivity index (χ4n) is 2.91. The van der Waals surface area contributed by atoms with E-state index in [4.69, 9.17) is 4.42 Å². The molecule has 0 bridgehead atoms. The minimum atomic E-state index is 0.634. The maximum absolute atomic E-state index is 5.42. The molecule has 3 nitrogen and oxygen atoms in total. The number of aryl methyl sites for hydroxylation is 1. The molecule has 3 unspecified atom stereocenters. The van der Waals surface area contributed by atoms with Crippen molar-refractivity contribution in [3.63, 3.8) is 0 Å². The zero-order valence-electron chi connectivity index (χ0n) is 12.6. The molecule has 1 aromatic rings. The van der Waals surface area contributed by atoms with E-state index in [-0.39, 0.29) is 0 Å². The van der Waals surface area contributed by atoms with Crippen molar-refractivity contribution in [2.75, 3.05) is 13.1 Å². The topological polar surface area (TPSA) is 28.4 Å². The molecule has 0 aromatic carbocycles. The van der Waals surface area contributed by atoms with Crippen LogP contribution in [-0.4, -0.2) is 36.1 Å². The Hall–Kier alpha value is -0.800. The van der Waals surface area contributed by atoms with Gasteiger partial charge in [-0.15, -0.1) is 0 Å². The maximum atomic E-state index is 5.42. The van der Waals surface area contributed by atoms with Crippen molar-refractivity contribution in [1.29, 1.82) is 0 Å². The second-order valence-corrected chi connectivity index (χ2v) is 6.05. The Labute approximate surface area is 117 Å². The second-order valence-electron chi connectivity index (χ2n) is 6.05. The van der Waals surface area contributed by atoms with Crippen LogP contribution in [0.1, 0.15) is 45.8 Å². The molecule has 1 aliphatic rings. The summed E-state index contributed by atoms with van der Waals surface area (Å²) >= 11 is 0. The van der Waals surface area contributed by atoms with E-state index in [1.165, 1.54) is 32.4 Å². The van der Waals surface area contributed by atoms with Crippen LogP contribution in [0.5, 0.6) is 0 Å². The smallest absolute Gasteiger partial charge is 0.103 e. The molecule has 19 heavy (non-hydrogen) atoms. The third-order valence-corrected chi connectivity index (χ3v) is 4.28. The van der Waals surface area contributed by atoms with Gasteiger partial charge in [-0.1, -0.05) is 0 Å². The van der Waals surface area contributed by atoms with Gasteiger partial charge < -0.3 is 14.6 Å². The normalized spacial score (nSPS) is 27.7. The van der Waals surface area contributed by atoms with Crippen molar-refractivity contribution in [2.24, 2.45) is 0 Å². The van der Waals surface area contributed by atoms with E-state index in [1.54, 1.807) is 6.26 Å². The van der Waals surface area contributed by atoms with Gasteiger partial charge in [-0.05, 0) is 65.3 Å². The van der Waals surface area contributed by atoms with Crippen LogP contribution in [0.25, 0.3) is 0 Å². The van der Waals surface area contributed by atoms with Gasteiger partial charge in [0.05, 0.1) is 6.26 Å². The first-order valence-electron chi connectivity index (χ1n) is 7.67. The summed E-state index contributed by atoms with van der Waals surface area (Å²) in [6, 6.07) is 5.96. The number of rotatable bonds is 4. The Kier molecular flexibility index (Phi) is 5.46. The van der Waals surface area contributed by atoms with Gasteiger partial charge in [-0.3, -0.25) is 0 Å². The molecule has 2 rings (SSSR count). The lowest BCUT2D eigenvalue weighted by Crippen LogP contribution is -2.45. The van der Waals surface area contributed by atoms with Gasteiger partial charge in [-0.2, -0.15) is 0 Å². The summed E-state index contributed by atoms with van der Waals surface area (Å²) in [7, 11) is 0. The molecule has 1 saturated heterocycles. The Bertz CT molecular complexity index is 338. The van der Waals surface area contributed by atoms with Crippen molar-refractivity contribution in [3.05, 3.63) is 24.2 Å². The zero-order chi connectivity index (χ0) is 13.7. The minimum absolute atomic E-state index is 0.634. The van der Waals surface area contributed by atoms with Crippen LogP contribution in [0.15, 0.2) is 22.8 Å². The van der Waals surface area contributed by atoms with E-state index in [1.807, 2.05) is 6.07 Å². The van der Waals surface area contributed by atoms with Gasteiger partial charge in [0.25, 0.3) is 0 Å². The summed E-state index contributed by atoms with van der Waals surface area (Å²) in [5.41, 5.74) is 0. The largest absolute Gasteiger partial charge is 0.469 e. The number of nitrogens with one attached hydrogen (secondary N) is 1. The summed E-state index contributed by atoms with van der Waals surface area (Å²) in [5, 5.41) is 3.65. The maximum Gasteiger partial charge on any atom is 0.103 e. The van der Waals surface area contributed by atoms with Crippen LogP contribution >= 0.6 is 0 Å². The number of furan rings is 1. The van der Waals surface area contributed by atoms with Crippen LogP contribution in [-0.2, 0) is 6.42 Å². The van der Waals surface area contributed by atoms with E-state index < -0.39 is 0 Å². The second kappa shape index (κ2) is 7.11. The summed E-state index contributed by atoms with van der Waals surface area (Å²) in [4.78, 5) is 2.65. The predicted octanol–water partition coefficient (Wildman–Crippen LogP) is 3.06. The quantitative estimate of drug-likeness (QED) is 0.906. The molecule has 1 fully saturated rings. The Morgan fingerprint density at radius 1 is 1.32 bits per heavy atom. The average molecular weight is 264 g/mol. The zero-order valence-corrected chi connectivity index (χ0v) is 12.6. The molecule has 2 heterocycles. The van der Waals surface area contributed by atoms with Crippen LogP contribution in [0.3, 0.4) is 0 Å². The summed E-state index contributed by atoms with van der Waals surface area (Å²) < 4.78 is 5.42. The van der Waals surface area contributed by atoms with E-state index in [0.29, 0.717) is 18.1 Å². The van der Waals surface area contributed by atoms with Crippen molar-refractivity contribution in [1.82, 2.24) is 10.2 Å². The van der Waals surface area contributed by atoms with Gasteiger partial charge in [0, 0.05) is 24.5 Å². The first kappa shape index (κ1) is 14.6. The highest BCUT2D eigenvalue weighted by atomic mass is 16.3. The summed E-state index contributed by atoms with van der Waals surface area (Å²) in [6.07, 6.45) is 6.49. The van der Waals surface area contributed by atoms with Crippen molar-refractivity contribution in [2.45, 2.75) is 64.6 Å². The number of hydrogen-bond acceptors (Lipinski definition) is 3. The fraction of sp³-hybridized carbons (Fsp3) is 0.750. The minimum Gasteiger partial charge on any atom is -0.469 e. The van der Waals surface area contributed by atoms with Gasteiger partial charge >= 0.3 is 0 Å². The lowest BCUT2D eigenvalue weighted by atomic mass is 10.0. The molecule has 1 aromatic heterocycles. The first-order chi connectivity index (χ1) is 9.15.